The number of nitrogens with zero attached hydrogens (tertiary/aromatic N) is 3. The second-order valence-corrected chi connectivity index (χ2v) is 7.13. The van der Waals surface area contributed by atoms with Crippen LogP contribution in [0.5, 0.6) is 0 Å². The number of nitrogens with one attached hydrogen (secondary N) is 2. The van der Waals surface area contributed by atoms with Crippen molar-refractivity contribution in [2.45, 2.75) is 13.8 Å². The van der Waals surface area contributed by atoms with Crippen molar-refractivity contribution in [3.05, 3.63) is 59.4 Å². The van der Waals surface area contributed by atoms with Crippen molar-refractivity contribution >= 4 is 50.3 Å². The molecule has 7 heteroatoms. The third-order valence-electron chi connectivity index (χ3n) is 4.18. The molecule has 0 fully saturated rings. The number of aryl methyl sites for hydroxylation is 2. The molecule has 6 nitrogen and oxygen atoms in total. The summed E-state index contributed by atoms with van der Waals surface area (Å²) in [5.41, 5.74) is 8.69. The van der Waals surface area contributed by atoms with Gasteiger partial charge in [0, 0.05) is 16.0 Å². The minimum atomic E-state index is 0.450. The highest BCUT2D eigenvalue weighted by Gasteiger charge is 2.12. The highest BCUT2D eigenvalue weighted by molar-refractivity contribution is 7.15. The van der Waals surface area contributed by atoms with Gasteiger partial charge < -0.3 is 16.4 Å². The second kappa shape index (κ2) is 6.61. The van der Waals surface area contributed by atoms with E-state index in [2.05, 4.69) is 43.8 Å². The lowest BCUT2D eigenvalue weighted by atomic mass is 10.1. The summed E-state index contributed by atoms with van der Waals surface area (Å²) in [7, 11) is 0. The predicted molar refractivity (Wildman–Crippen MR) is 109 cm³/mol. The number of nitrogens with two attached hydrogens (primary N) is 1. The number of nitrogen functional groups attached to an aromatic ring is 1. The first-order valence-electron chi connectivity index (χ1n) is 8.18. The van der Waals surface area contributed by atoms with Crippen LogP contribution in [0.15, 0.2) is 48.8 Å². The molecule has 0 saturated heterocycles. The van der Waals surface area contributed by atoms with E-state index in [0.717, 1.165) is 32.2 Å². The maximum Gasteiger partial charge on any atom is 0.188 e. The Morgan fingerprint density at radius 2 is 1.65 bits per heavy atom. The van der Waals surface area contributed by atoms with Crippen molar-refractivity contribution in [2.75, 3.05) is 16.4 Å². The molecule has 4 aromatic rings. The standard InChI is InChI=1S/C19H18N6S/c1-11-12(2)26-19(23-11)25-18-16(20)17(21-10-22-18)24-15-9-5-7-13-6-3-4-8-14(13)15/h3-10H,20H2,1-2H3,(H2,21,22,23,24,25). The normalized spacial score (nSPS) is 10.8. The van der Waals surface area contributed by atoms with Gasteiger partial charge in [-0.2, -0.15) is 0 Å². The zero-order valence-electron chi connectivity index (χ0n) is 14.4. The summed E-state index contributed by atoms with van der Waals surface area (Å²) in [5.74, 6) is 1.10. The Labute approximate surface area is 155 Å². The Bertz CT molecular complexity index is 1060. The number of thiazole rings is 1. The molecule has 2 aromatic heterocycles. The van der Waals surface area contributed by atoms with E-state index >= 15 is 0 Å². The second-order valence-electron chi connectivity index (χ2n) is 5.92. The van der Waals surface area contributed by atoms with Crippen LogP contribution in [-0.4, -0.2) is 15.0 Å². The van der Waals surface area contributed by atoms with Crippen LogP contribution in [0, 0.1) is 13.8 Å². The zero-order valence-corrected chi connectivity index (χ0v) is 15.3. The first-order valence-corrected chi connectivity index (χ1v) is 9.00. The van der Waals surface area contributed by atoms with E-state index in [9.17, 15) is 0 Å². The van der Waals surface area contributed by atoms with Crippen molar-refractivity contribution in [3.8, 4) is 0 Å². The summed E-state index contributed by atoms with van der Waals surface area (Å²) >= 11 is 1.57. The van der Waals surface area contributed by atoms with E-state index in [-0.39, 0.29) is 0 Å². The van der Waals surface area contributed by atoms with Gasteiger partial charge in [-0.25, -0.2) is 15.0 Å². The van der Waals surface area contributed by atoms with Gasteiger partial charge in [0.15, 0.2) is 16.8 Å². The van der Waals surface area contributed by atoms with Crippen molar-refractivity contribution in [3.63, 3.8) is 0 Å². The van der Waals surface area contributed by atoms with Gasteiger partial charge in [0.25, 0.3) is 0 Å². The molecule has 0 aliphatic heterocycles. The maximum atomic E-state index is 6.29. The van der Waals surface area contributed by atoms with Crippen molar-refractivity contribution in [1.82, 2.24) is 15.0 Å². The van der Waals surface area contributed by atoms with Gasteiger partial charge in [-0.05, 0) is 25.3 Å². The molecule has 0 spiro atoms. The monoisotopic (exact) mass is 362 g/mol. The quantitative estimate of drug-likeness (QED) is 0.484. The Morgan fingerprint density at radius 1 is 0.923 bits per heavy atom. The highest BCUT2D eigenvalue weighted by atomic mass is 32.1. The van der Waals surface area contributed by atoms with Gasteiger partial charge in [-0.3, -0.25) is 0 Å². The SMILES string of the molecule is Cc1nc(Nc2ncnc(Nc3cccc4ccccc34)c2N)sc1C. The first-order chi connectivity index (χ1) is 12.6. The average Bonchev–Trinajstić information content (AvgIpc) is 2.96. The number of hydrogen-bond donors (Lipinski definition) is 3. The van der Waals surface area contributed by atoms with E-state index in [1.54, 1.807) is 11.3 Å². The molecule has 2 heterocycles. The van der Waals surface area contributed by atoms with Gasteiger partial charge in [-0.1, -0.05) is 36.4 Å². The summed E-state index contributed by atoms with van der Waals surface area (Å²) in [4.78, 5) is 14.2. The molecule has 4 N–H and O–H groups in total. The number of benzene rings is 2. The zero-order chi connectivity index (χ0) is 18.1. The fourth-order valence-corrected chi connectivity index (χ4v) is 3.50. The Morgan fingerprint density at radius 3 is 2.42 bits per heavy atom. The minimum absolute atomic E-state index is 0.450. The lowest BCUT2D eigenvalue weighted by molar-refractivity contribution is 1.16. The van der Waals surface area contributed by atoms with E-state index in [4.69, 9.17) is 5.73 Å². The fourth-order valence-electron chi connectivity index (χ4n) is 2.68. The molecule has 0 aliphatic rings. The summed E-state index contributed by atoms with van der Waals surface area (Å²) in [6.45, 7) is 4.02. The molecule has 130 valence electrons. The third-order valence-corrected chi connectivity index (χ3v) is 5.17. The Hall–Kier alpha value is -3.19. The number of hydrogen-bond acceptors (Lipinski definition) is 7. The lowest BCUT2D eigenvalue weighted by Crippen LogP contribution is -2.05. The van der Waals surface area contributed by atoms with Crippen molar-refractivity contribution in [1.29, 1.82) is 0 Å². The van der Waals surface area contributed by atoms with Gasteiger partial charge in [0.2, 0.25) is 0 Å². The minimum Gasteiger partial charge on any atom is -0.393 e. The molecule has 0 unspecified atom stereocenters. The summed E-state index contributed by atoms with van der Waals surface area (Å²) < 4.78 is 0. The van der Waals surface area contributed by atoms with Crippen LogP contribution in [0.1, 0.15) is 10.6 Å². The number of rotatable bonds is 4. The molecule has 4 rings (SSSR count). The molecular formula is C19H18N6S. The van der Waals surface area contributed by atoms with Gasteiger partial charge in [0.1, 0.15) is 12.0 Å². The van der Waals surface area contributed by atoms with E-state index in [1.807, 2.05) is 38.1 Å². The van der Waals surface area contributed by atoms with Crippen LogP contribution in [0.4, 0.5) is 28.1 Å². The van der Waals surface area contributed by atoms with E-state index in [0.29, 0.717) is 17.3 Å². The molecule has 0 amide bonds. The summed E-state index contributed by atoms with van der Waals surface area (Å²) in [6, 6.07) is 14.2. The molecule has 26 heavy (non-hydrogen) atoms. The van der Waals surface area contributed by atoms with E-state index in [1.165, 1.54) is 6.33 Å². The van der Waals surface area contributed by atoms with Gasteiger partial charge in [-0.15, -0.1) is 11.3 Å². The number of anilines is 5. The lowest BCUT2D eigenvalue weighted by Gasteiger charge is -2.13. The van der Waals surface area contributed by atoms with Crippen LogP contribution in [0.25, 0.3) is 10.8 Å². The molecule has 2 aromatic carbocycles. The predicted octanol–water partition coefficient (Wildman–Crippen LogP) is 4.77. The number of aromatic nitrogens is 3. The molecule has 0 aliphatic carbocycles. The van der Waals surface area contributed by atoms with Crippen LogP contribution < -0.4 is 16.4 Å². The topological polar surface area (TPSA) is 88.8 Å². The maximum absolute atomic E-state index is 6.29. The van der Waals surface area contributed by atoms with Crippen molar-refractivity contribution in [2.24, 2.45) is 0 Å². The smallest absolute Gasteiger partial charge is 0.188 e. The highest BCUT2D eigenvalue weighted by Crippen LogP contribution is 2.32. The fraction of sp³-hybridized carbons (Fsp3) is 0.105. The van der Waals surface area contributed by atoms with Crippen LogP contribution in [-0.2, 0) is 0 Å². The molecular weight excluding hydrogens is 344 g/mol. The summed E-state index contributed by atoms with van der Waals surface area (Å²) in [5, 5.41) is 9.53. The molecule has 0 saturated carbocycles. The first kappa shape index (κ1) is 16.3. The molecule has 0 radical (unpaired) electrons. The van der Waals surface area contributed by atoms with Crippen LogP contribution in [0.2, 0.25) is 0 Å². The van der Waals surface area contributed by atoms with Gasteiger partial charge >= 0.3 is 0 Å². The molecule has 0 bridgehead atoms. The Balaban J connectivity index is 1.67. The van der Waals surface area contributed by atoms with E-state index < -0.39 is 0 Å². The third kappa shape index (κ3) is 3.04. The largest absolute Gasteiger partial charge is 0.393 e. The molecule has 0 atom stereocenters. The number of fused-ring (bicyclic) bond motifs is 1. The average molecular weight is 362 g/mol. The van der Waals surface area contributed by atoms with Crippen LogP contribution in [0.3, 0.4) is 0 Å². The van der Waals surface area contributed by atoms with Crippen LogP contribution >= 0.6 is 11.3 Å². The van der Waals surface area contributed by atoms with Crippen molar-refractivity contribution < 1.29 is 0 Å². The summed E-state index contributed by atoms with van der Waals surface area (Å²) in [6.07, 6.45) is 1.49. The van der Waals surface area contributed by atoms with Gasteiger partial charge in [0.05, 0.1) is 5.69 Å². The Kier molecular flexibility index (Phi) is 4.14.